The van der Waals surface area contributed by atoms with Crippen molar-refractivity contribution in [1.29, 1.82) is 0 Å². The molecule has 1 aliphatic rings. The van der Waals surface area contributed by atoms with Crippen molar-refractivity contribution in [3.63, 3.8) is 0 Å². The molecule has 0 radical (unpaired) electrons. The highest BCUT2D eigenvalue weighted by atomic mass is 16.1. The van der Waals surface area contributed by atoms with Crippen LogP contribution in [0.1, 0.15) is 32.6 Å². The number of nitrogen functional groups attached to an aromatic ring is 1. The van der Waals surface area contributed by atoms with Crippen molar-refractivity contribution in [3.8, 4) is 0 Å². The first-order chi connectivity index (χ1) is 20.6. The Balaban J connectivity index is 1.13. The molecule has 1 amide bonds. The molecule has 0 bridgehead atoms. The molecule has 210 valence electrons. The number of fused-ring (bicyclic) bond motifs is 1. The number of hydrogen-bond acceptors (Lipinski definition) is 9. The topological polar surface area (TPSA) is 143 Å². The zero-order valence-electron chi connectivity index (χ0n) is 22.9. The fourth-order valence-corrected chi connectivity index (χ4v) is 4.89. The van der Waals surface area contributed by atoms with E-state index in [1.54, 1.807) is 36.7 Å². The number of aromatic nitrogens is 4. The molecule has 3 aromatic carbocycles. The molecule has 0 fully saturated rings. The smallest absolute Gasteiger partial charge is 0.255 e. The summed E-state index contributed by atoms with van der Waals surface area (Å²) in [5.74, 6) is 1.19. The molecule has 2 heterocycles. The second-order valence-electron chi connectivity index (χ2n) is 10.1. The molecule has 0 spiro atoms. The minimum Gasteiger partial charge on any atom is -0.397 e. The van der Waals surface area contributed by atoms with E-state index in [2.05, 4.69) is 65.5 Å². The van der Waals surface area contributed by atoms with Gasteiger partial charge in [0.25, 0.3) is 5.91 Å². The van der Waals surface area contributed by atoms with Crippen molar-refractivity contribution < 1.29 is 4.79 Å². The number of anilines is 5. The monoisotopic (exact) mass is 557 g/mol. The van der Waals surface area contributed by atoms with Gasteiger partial charge in [-0.25, -0.2) is 0 Å². The molecular formula is C32H31N9O. The van der Waals surface area contributed by atoms with Crippen LogP contribution < -0.4 is 27.0 Å². The van der Waals surface area contributed by atoms with Gasteiger partial charge in [-0.3, -0.25) is 9.78 Å². The molecule has 0 saturated carbocycles. The number of benzene rings is 3. The largest absolute Gasteiger partial charge is 0.397 e. The second-order valence-corrected chi connectivity index (χ2v) is 10.1. The van der Waals surface area contributed by atoms with Crippen LogP contribution in [0.15, 0.2) is 97.3 Å². The summed E-state index contributed by atoms with van der Waals surface area (Å²) in [6, 6.07) is 27.1. The maximum Gasteiger partial charge on any atom is 0.255 e. The summed E-state index contributed by atoms with van der Waals surface area (Å²) in [5, 5.41) is 12.9. The maximum absolute atomic E-state index is 12.7. The van der Waals surface area contributed by atoms with Crippen LogP contribution in [0, 0.1) is 0 Å². The second kappa shape index (κ2) is 12.3. The first-order valence-corrected chi connectivity index (χ1v) is 13.8. The van der Waals surface area contributed by atoms with E-state index in [1.165, 1.54) is 11.1 Å². The van der Waals surface area contributed by atoms with Gasteiger partial charge in [-0.2, -0.15) is 15.0 Å². The number of rotatable bonds is 10. The summed E-state index contributed by atoms with van der Waals surface area (Å²) in [4.78, 5) is 30.8. The average molecular weight is 558 g/mol. The van der Waals surface area contributed by atoms with E-state index < -0.39 is 0 Å². The quantitative estimate of drug-likeness (QED) is 0.151. The zero-order valence-corrected chi connectivity index (χ0v) is 22.9. The van der Waals surface area contributed by atoms with Gasteiger partial charge < -0.3 is 27.0 Å². The van der Waals surface area contributed by atoms with Gasteiger partial charge in [-0.05, 0) is 65.4 Å². The number of carbonyl (C=O) groups is 1. The van der Waals surface area contributed by atoms with E-state index in [-0.39, 0.29) is 11.9 Å². The molecule has 2 aromatic heterocycles. The average Bonchev–Trinajstić information content (AvgIpc) is 3.43. The summed E-state index contributed by atoms with van der Waals surface area (Å²) in [6.45, 7) is 0.998. The van der Waals surface area contributed by atoms with Crippen LogP contribution in [0.2, 0.25) is 0 Å². The van der Waals surface area contributed by atoms with Crippen LogP contribution in [0.4, 0.5) is 29.2 Å². The molecule has 6 rings (SSSR count). The number of para-hydroxylation sites is 2. The molecule has 0 unspecified atom stereocenters. The lowest BCUT2D eigenvalue weighted by Crippen LogP contribution is -2.22. The SMILES string of the molecule is Nc1ccccc1NC(=O)c1ccc(CNc2nc(NCc3cccnc3)nc(NC3Cc4ccccc4C3)n2)cc1. The number of carbonyl (C=O) groups excluding carboxylic acids is 1. The molecule has 10 nitrogen and oxygen atoms in total. The van der Waals surface area contributed by atoms with E-state index in [0.29, 0.717) is 47.9 Å². The summed E-state index contributed by atoms with van der Waals surface area (Å²) in [7, 11) is 0. The molecule has 5 aromatic rings. The third kappa shape index (κ3) is 6.61. The summed E-state index contributed by atoms with van der Waals surface area (Å²) in [5.41, 5.74) is 12.3. The van der Waals surface area contributed by atoms with Crippen LogP contribution in [-0.2, 0) is 25.9 Å². The molecule has 6 N–H and O–H groups in total. The number of hydrogen-bond donors (Lipinski definition) is 5. The van der Waals surface area contributed by atoms with Crippen molar-refractivity contribution in [2.45, 2.75) is 32.0 Å². The summed E-state index contributed by atoms with van der Waals surface area (Å²) >= 11 is 0. The van der Waals surface area contributed by atoms with Crippen molar-refractivity contribution in [2.75, 3.05) is 27.0 Å². The van der Waals surface area contributed by atoms with Crippen molar-refractivity contribution >= 4 is 35.1 Å². The summed E-state index contributed by atoms with van der Waals surface area (Å²) < 4.78 is 0. The van der Waals surface area contributed by atoms with Gasteiger partial charge in [0.15, 0.2) is 0 Å². The predicted octanol–water partition coefficient (Wildman–Crippen LogP) is 4.90. The van der Waals surface area contributed by atoms with Crippen LogP contribution in [0.5, 0.6) is 0 Å². The van der Waals surface area contributed by atoms with Crippen LogP contribution in [-0.4, -0.2) is 31.9 Å². The molecule has 0 atom stereocenters. The highest BCUT2D eigenvalue weighted by molar-refractivity contribution is 6.05. The van der Waals surface area contributed by atoms with Gasteiger partial charge >= 0.3 is 0 Å². The lowest BCUT2D eigenvalue weighted by molar-refractivity contribution is 0.102. The Hall–Kier alpha value is -5.51. The van der Waals surface area contributed by atoms with E-state index >= 15 is 0 Å². The zero-order chi connectivity index (χ0) is 28.7. The molecule has 42 heavy (non-hydrogen) atoms. The van der Waals surface area contributed by atoms with Gasteiger partial charge in [0, 0.05) is 37.1 Å². The van der Waals surface area contributed by atoms with Crippen molar-refractivity contribution in [2.24, 2.45) is 0 Å². The molecule has 0 aliphatic heterocycles. The van der Waals surface area contributed by atoms with Crippen LogP contribution in [0.3, 0.4) is 0 Å². The number of pyridine rings is 1. The minimum atomic E-state index is -0.223. The van der Waals surface area contributed by atoms with E-state index in [1.807, 2.05) is 36.4 Å². The van der Waals surface area contributed by atoms with Crippen molar-refractivity contribution in [3.05, 3.63) is 125 Å². The lowest BCUT2D eigenvalue weighted by atomic mass is 10.1. The maximum atomic E-state index is 12.7. The Morgan fingerprint density at radius 3 is 2.05 bits per heavy atom. The number of nitrogens with zero attached hydrogens (tertiary/aromatic N) is 4. The lowest BCUT2D eigenvalue weighted by Gasteiger charge is -2.15. The van der Waals surface area contributed by atoms with Gasteiger partial charge in [0.2, 0.25) is 17.8 Å². The van der Waals surface area contributed by atoms with E-state index in [4.69, 9.17) is 5.73 Å². The fraction of sp³-hybridized carbons (Fsp3) is 0.156. The number of amides is 1. The first-order valence-electron chi connectivity index (χ1n) is 13.8. The third-order valence-electron chi connectivity index (χ3n) is 7.07. The molecule has 1 aliphatic carbocycles. The van der Waals surface area contributed by atoms with Gasteiger partial charge in [-0.1, -0.05) is 54.6 Å². The Kier molecular flexibility index (Phi) is 7.84. The standard InChI is InChI=1S/C32H31N9O/c33-27-9-3-4-10-28(27)38-29(42)23-13-11-21(12-14-23)19-35-30-39-31(36-20-22-6-5-15-34-18-22)41-32(40-30)37-26-16-24-7-1-2-8-25(24)17-26/h1-15,18,26H,16-17,19-20,33H2,(H,38,42)(H3,35,36,37,39,40,41). The van der Waals surface area contributed by atoms with Gasteiger partial charge in [0.05, 0.1) is 11.4 Å². The summed E-state index contributed by atoms with van der Waals surface area (Å²) in [6.07, 6.45) is 5.38. The van der Waals surface area contributed by atoms with Gasteiger partial charge in [-0.15, -0.1) is 0 Å². The Morgan fingerprint density at radius 2 is 1.38 bits per heavy atom. The highest BCUT2D eigenvalue weighted by Crippen LogP contribution is 2.24. The predicted molar refractivity (Wildman–Crippen MR) is 165 cm³/mol. The molecule has 0 saturated heterocycles. The Morgan fingerprint density at radius 1 is 0.738 bits per heavy atom. The number of nitrogens with one attached hydrogen (secondary N) is 4. The van der Waals surface area contributed by atoms with E-state index in [9.17, 15) is 4.79 Å². The normalized spacial score (nSPS) is 12.4. The fourth-order valence-electron chi connectivity index (χ4n) is 4.89. The van der Waals surface area contributed by atoms with Gasteiger partial charge in [0.1, 0.15) is 0 Å². The van der Waals surface area contributed by atoms with Crippen molar-refractivity contribution in [1.82, 2.24) is 19.9 Å². The first kappa shape index (κ1) is 26.7. The highest BCUT2D eigenvalue weighted by Gasteiger charge is 2.22. The Bertz CT molecular complexity index is 1650. The Labute approximate surface area is 243 Å². The van der Waals surface area contributed by atoms with E-state index in [0.717, 1.165) is 24.0 Å². The number of nitrogens with two attached hydrogens (primary N) is 1. The third-order valence-corrected chi connectivity index (χ3v) is 7.07. The minimum absolute atomic E-state index is 0.203. The van der Waals surface area contributed by atoms with Crippen LogP contribution >= 0.6 is 0 Å². The molecule has 10 heteroatoms. The van der Waals surface area contributed by atoms with Crippen LogP contribution in [0.25, 0.3) is 0 Å². The molecular weight excluding hydrogens is 526 g/mol.